The molecule has 0 spiro atoms. The highest BCUT2D eigenvalue weighted by molar-refractivity contribution is 6.69. The molecule has 0 radical (unpaired) electrons. The minimum atomic E-state index is -1.85. The Bertz CT molecular complexity index is 323. The first kappa shape index (κ1) is 16.4. The van der Waals surface area contributed by atoms with Crippen LogP contribution in [-0.4, -0.2) is 25.4 Å². The van der Waals surface area contributed by atoms with Crippen LogP contribution in [0.2, 0.25) is 19.6 Å². The lowest BCUT2D eigenvalue weighted by molar-refractivity contribution is -0.376. The van der Waals surface area contributed by atoms with Crippen LogP contribution in [0.15, 0.2) is 0 Å². The van der Waals surface area contributed by atoms with Crippen LogP contribution < -0.4 is 0 Å². The van der Waals surface area contributed by atoms with Crippen molar-refractivity contribution < 1.29 is 13.8 Å². The zero-order valence-corrected chi connectivity index (χ0v) is 14.5. The van der Waals surface area contributed by atoms with Crippen LogP contribution in [0.4, 0.5) is 4.39 Å². The van der Waals surface area contributed by atoms with E-state index < -0.39 is 14.1 Å². The lowest BCUT2D eigenvalue weighted by Gasteiger charge is -2.35. The fraction of sp³-hybridized carbons (Fsp3) is 1.00. The molecule has 1 heterocycles. The van der Waals surface area contributed by atoms with Crippen LogP contribution in [0.1, 0.15) is 58.3 Å². The summed E-state index contributed by atoms with van der Waals surface area (Å²) in [6, 6.07) is 0. The van der Waals surface area contributed by atoms with Gasteiger partial charge < -0.3 is 4.53 Å². The van der Waals surface area contributed by atoms with E-state index in [0.29, 0.717) is 6.42 Å². The molecule has 3 unspecified atom stereocenters. The number of halogens is 1. The standard InChI is InChI=1S/C15H30FNO2Si/c1-5-6-7-8-12-15(16)13-10-9-11-14(13)18-17(15)19-20(2,3)4/h13-14H,5-12H2,1-4H3. The van der Waals surface area contributed by atoms with Gasteiger partial charge in [-0.2, -0.15) is 0 Å². The van der Waals surface area contributed by atoms with Crippen molar-refractivity contribution in [3.05, 3.63) is 0 Å². The zero-order chi connectivity index (χ0) is 14.8. The van der Waals surface area contributed by atoms with Crippen LogP contribution in [0.5, 0.6) is 0 Å². The number of alkyl halides is 1. The fourth-order valence-corrected chi connectivity index (χ4v) is 4.02. The van der Waals surface area contributed by atoms with Gasteiger partial charge in [0.15, 0.2) is 0 Å². The number of nitrogens with zero attached hydrogens (tertiary/aromatic N) is 1. The third-order valence-electron chi connectivity index (χ3n) is 4.29. The molecule has 1 saturated heterocycles. The van der Waals surface area contributed by atoms with E-state index in [-0.39, 0.29) is 12.0 Å². The number of hydroxylamine groups is 2. The largest absolute Gasteiger partial charge is 0.318 e. The molecule has 0 aromatic carbocycles. The van der Waals surface area contributed by atoms with Crippen molar-refractivity contribution in [2.45, 2.75) is 89.8 Å². The highest BCUT2D eigenvalue weighted by atomic mass is 28.4. The lowest BCUT2D eigenvalue weighted by Crippen LogP contribution is -2.48. The molecule has 20 heavy (non-hydrogen) atoms. The molecule has 0 amide bonds. The maximum absolute atomic E-state index is 15.6. The van der Waals surface area contributed by atoms with Crippen molar-refractivity contribution in [3.8, 4) is 0 Å². The van der Waals surface area contributed by atoms with Crippen LogP contribution in [-0.2, 0) is 9.36 Å². The first-order chi connectivity index (χ1) is 9.37. The van der Waals surface area contributed by atoms with Gasteiger partial charge in [0.2, 0.25) is 14.1 Å². The summed E-state index contributed by atoms with van der Waals surface area (Å²) in [6.45, 7) is 8.39. The summed E-state index contributed by atoms with van der Waals surface area (Å²) >= 11 is 0. The predicted molar refractivity (Wildman–Crippen MR) is 81.1 cm³/mol. The Hall–Kier alpha value is 0.0269. The molecule has 3 atom stereocenters. The van der Waals surface area contributed by atoms with Crippen molar-refractivity contribution in [2.24, 2.45) is 5.92 Å². The van der Waals surface area contributed by atoms with Gasteiger partial charge >= 0.3 is 0 Å². The van der Waals surface area contributed by atoms with E-state index in [1.54, 1.807) is 0 Å². The van der Waals surface area contributed by atoms with Crippen molar-refractivity contribution in [1.82, 2.24) is 5.23 Å². The molecular formula is C15H30FNO2Si. The number of unbranched alkanes of at least 4 members (excludes halogenated alkanes) is 3. The summed E-state index contributed by atoms with van der Waals surface area (Å²) in [5, 5.41) is 1.28. The van der Waals surface area contributed by atoms with Gasteiger partial charge in [0, 0.05) is 5.92 Å². The maximum Gasteiger partial charge on any atom is 0.216 e. The Morgan fingerprint density at radius 1 is 1.25 bits per heavy atom. The molecule has 118 valence electrons. The molecule has 1 aliphatic carbocycles. The van der Waals surface area contributed by atoms with Gasteiger partial charge in [-0.25, -0.2) is 4.39 Å². The Kier molecular flexibility index (Phi) is 5.27. The van der Waals surface area contributed by atoms with Crippen molar-refractivity contribution in [3.63, 3.8) is 0 Å². The summed E-state index contributed by atoms with van der Waals surface area (Å²) in [7, 11) is -1.85. The Balaban J connectivity index is 2.02. The SMILES string of the molecule is CCCCCCC1(F)C2CCCC2ON1O[Si](C)(C)C. The Morgan fingerprint density at radius 3 is 2.65 bits per heavy atom. The van der Waals surface area contributed by atoms with Gasteiger partial charge in [-0.05, 0) is 50.6 Å². The normalized spacial score (nSPS) is 34.6. The summed E-state index contributed by atoms with van der Waals surface area (Å²) in [5.41, 5.74) is 0. The fourth-order valence-electron chi connectivity index (χ4n) is 3.33. The number of hydrogen-bond acceptors (Lipinski definition) is 3. The highest BCUT2D eigenvalue weighted by Gasteiger charge is 2.59. The topological polar surface area (TPSA) is 21.7 Å². The van der Waals surface area contributed by atoms with E-state index in [2.05, 4.69) is 26.6 Å². The molecule has 5 heteroatoms. The molecule has 3 nitrogen and oxygen atoms in total. The minimum Gasteiger partial charge on any atom is -0.318 e. The van der Waals surface area contributed by atoms with Crippen LogP contribution in [0, 0.1) is 5.92 Å². The van der Waals surface area contributed by atoms with Gasteiger partial charge in [0.1, 0.15) is 0 Å². The van der Waals surface area contributed by atoms with E-state index in [4.69, 9.17) is 9.36 Å². The van der Waals surface area contributed by atoms with Crippen LogP contribution >= 0.6 is 0 Å². The van der Waals surface area contributed by atoms with E-state index in [1.807, 2.05) is 0 Å². The highest BCUT2D eigenvalue weighted by Crippen LogP contribution is 2.50. The molecule has 0 aromatic heterocycles. The van der Waals surface area contributed by atoms with Gasteiger partial charge in [0.05, 0.1) is 6.10 Å². The average molecular weight is 303 g/mol. The van der Waals surface area contributed by atoms with Crippen LogP contribution in [0.3, 0.4) is 0 Å². The first-order valence-corrected chi connectivity index (χ1v) is 11.6. The first-order valence-electron chi connectivity index (χ1n) is 8.22. The van der Waals surface area contributed by atoms with Crippen molar-refractivity contribution in [1.29, 1.82) is 0 Å². The average Bonchev–Trinajstić information content (AvgIpc) is 2.88. The number of fused-ring (bicyclic) bond motifs is 1. The molecule has 1 aliphatic heterocycles. The third kappa shape index (κ3) is 3.61. The third-order valence-corrected chi connectivity index (χ3v) is 5.01. The van der Waals surface area contributed by atoms with E-state index in [1.165, 1.54) is 18.1 Å². The van der Waals surface area contributed by atoms with Gasteiger partial charge in [0.25, 0.3) is 0 Å². The molecule has 0 bridgehead atoms. The zero-order valence-electron chi connectivity index (χ0n) is 13.5. The molecule has 2 aliphatic rings. The summed E-state index contributed by atoms with van der Waals surface area (Å²) in [6.07, 6.45) is 7.93. The van der Waals surface area contributed by atoms with E-state index in [0.717, 1.165) is 32.1 Å². The second kappa shape index (κ2) is 6.42. The van der Waals surface area contributed by atoms with Gasteiger partial charge in [-0.3, -0.25) is 4.84 Å². The molecular weight excluding hydrogens is 273 g/mol. The summed E-state index contributed by atoms with van der Waals surface area (Å²) < 4.78 is 21.5. The van der Waals surface area contributed by atoms with Gasteiger partial charge in [-0.1, -0.05) is 32.6 Å². The lowest BCUT2D eigenvalue weighted by atomic mass is 9.90. The van der Waals surface area contributed by atoms with E-state index in [9.17, 15) is 0 Å². The molecule has 0 aromatic rings. The monoisotopic (exact) mass is 303 g/mol. The van der Waals surface area contributed by atoms with Crippen molar-refractivity contribution in [2.75, 3.05) is 0 Å². The predicted octanol–water partition coefficient (Wildman–Crippen LogP) is 4.81. The minimum absolute atomic E-state index is 0.000441. The van der Waals surface area contributed by atoms with E-state index >= 15 is 4.39 Å². The van der Waals surface area contributed by atoms with Crippen molar-refractivity contribution >= 4 is 8.32 Å². The van der Waals surface area contributed by atoms with Crippen LogP contribution in [0.25, 0.3) is 0 Å². The second-order valence-electron chi connectivity index (χ2n) is 7.27. The molecule has 0 N–H and O–H groups in total. The Morgan fingerprint density at radius 2 is 2.00 bits per heavy atom. The smallest absolute Gasteiger partial charge is 0.216 e. The second-order valence-corrected chi connectivity index (χ2v) is 11.7. The summed E-state index contributed by atoms with van der Waals surface area (Å²) in [5.74, 6) is -1.41. The number of rotatable bonds is 7. The molecule has 1 saturated carbocycles. The Labute approximate surface area is 123 Å². The van der Waals surface area contributed by atoms with Gasteiger partial charge in [-0.15, -0.1) is 0 Å². The number of hydrogen-bond donors (Lipinski definition) is 0. The molecule has 2 fully saturated rings. The quantitative estimate of drug-likeness (QED) is 0.383. The maximum atomic E-state index is 15.6. The summed E-state index contributed by atoms with van der Waals surface area (Å²) in [4.78, 5) is 5.80. The molecule has 2 rings (SSSR count).